The first-order valence-electron chi connectivity index (χ1n) is 6.59. The predicted molar refractivity (Wildman–Crippen MR) is 79.0 cm³/mol. The molecular formula is C16H23Br. The van der Waals surface area contributed by atoms with Gasteiger partial charge in [-0.1, -0.05) is 40.5 Å². The lowest BCUT2D eigenvalue weighted by Crippen LogP contribution is -2.25. The largest absolute Gasteiger partial charge is 0.0922 e. The van der Waals surface area contributed by atoms with Gasteiger partial charge in [0.05, 0.1) is 0 Å². The average Bonchev–Trinajstić information content (AvgIpc) is 3.07. The molecule has 0 aliphatic heterocycles. The van der Waals surface area contributed by atoms with Crippen LogP contribution in [0, 0.1) is 32.1 Å². The van der Waals surface area contributed by atoms with Crippen LogP contribution >= 0.6 is 15.9 Å². The Kier molecular flexibility index (Phi) is 3.68. The van der Waals surface area contributed by atoms with E-state index in [1.807, 2.05) is 0 Å². The number of hydrogen-bond acceptors (Lipinski definition) is 0. The molecule has 0 heterocycles. The van der Waals surface area contributed by atoms with Gasteiger partial charge in [-0.3, -0.25) is 0 Å². The second-order valence-electron chi connectivity index (χ2n) is 6.12. The topological polar surface area (TPSA) is 0 Å². The van der Waals surface area contributed by atoms with Crippen LogP contribution in [0.4, 0.5) is 0 Å². The third-order valence-electron chi connectivity index (χ3n) is 4.29. The second kappa shape index (κ2) is 4.76. The summed E-state index contributed by atoms with van der Waals surface area (Å²) in [4.78, 5) is 0. The van der Waals surface area contributed by atoms with E-state index in [4.69, 9.17) is 0 Å². The van der Waals surface area contributed by atoms with Crippen LogP contribution in [0.15, 0.2) is 12.1 Å². The second-order valence-corrected chi connectivity index (χ2v) is 6.68. The Morgan fingerprint density at radius 3 is 2.12 bits per heavy atom. The van der Waals surface area contributed by atoms with Gasteiger partial charge in [-0.2, -0.15) is 0 Å². The molecule has 1 aromatic rings. The summed E-state index contributed by atoms with van der Waals surface area (Å²) in [5.41, 5.74) is 6.34. The fourth-order valence-corrected chi connectivity index (χ4v) is 3.63. The molecule has 1 unspecified atom stereocenters. The van der Waals surface area contributed by atoms with Gasteiger partial charge in [-0.25, -0.2) is 0 Å². The molecule has 94 valence electrons. The molecule has 0 amide bonds. The highest BCUT2D eigenvalue weighted by Crippen LogP contribution is 2.48. The lowest BCUT2D eigenvalue weighted by Gasteiger charge is -2.29. The Bertz CT molecular complexity index is 395. The summed E-state index contributed by atoms with van der Waals surface area (Å²) in [6, 6.07) is 4.65. The third-order valence-corrected chi connectivity index (χ3v) is 5.57. The molecule has 0 nitrogen and oxygen atoms in total. The third kappa shape index (κ3) is 2.76. The van der Waals surface area contributed by atoms with E-state index in [0.29, 0.717) is 5.41 Å². The van der Waals surface area contributed by atoms with Crippen LogP contribution in [0.3, 0.4) is 0 Å². The van der Waals surface area contributed by atoms with Crippen molar-refractivity contribution in [1.82, 2.24) is 0 Å². The summed E-state index contributed by atoms with van der Waals surface area (Å²) in [5.74, 6) is 0.932. The first-order valence-corrected chi connectivity index (χ1v) is 7.71. The van der Waals surface area contributed by atoms with Gasteiger partial charge < -0.3 is 0 Å². The van der Waals surface area contributed by atoms with Gasteiger partial charge in [-0.05, 0) is 68.1 Å². The van der Waals surface area contributed by atoms with E-state index in [-0.39, 0.29) is 0 Å². The van der Waals surface area contributed by atoms with Crippen molar-refractivity contribution in [3.8, 4) is 0 Å². The Hall–Kier alpha value is -0.300. The molecule has 1 saturated carbocycles. The van der Waals surface area contributed by atoms with Crippen molar-refractivity contribution in [3.05, 3.63) is 34.4 Å². The molecule has 0 saturated heterocycles. The van der Waals surface area contributed by atoms with Gasteiger partial charge in [0.25, 0.3) is 0 Å². The first-order chi connectivity index (χ1) is 7.96. The Labute approximate surface area is 114 Å². The number of aryl methyl sites for hydroxylation is 3. The van der Waals surface area contributed by atoms with Crippen LogP contribution in [0.1, 0.15) is 42.0 Å². The number of hydrogen-bond donors (Lipinski definition) is 0. The van der Waals surface area contributed by atoms with Crippen LogP contribution < -0.4 is 0 Å². The highest BCUT2D eigenvalue weighted by atomic mass is 79.9. The van der Waals surface area contributed by atoms with Gasteiger partial charge >= 0.3 is 0 Å². The smallest absolute Gasteiger partial charge is 0.00911 e. The van der Waals surface area contributed by atoms with Gasteiger partial charge in [0.15, 0.2) is 0 Å². The normalized spacial score (nSPS) is 19.1. The molecule has 0 radical (unpaired) electrons. The highest BCUT2D eigenvalue weighted by Gasteiger charge is 2.40. The summed E-state index contributed by atoms with van der Waals surface area (Å²) in [5, 5.41) is 1.12. The van der Waals surface area contributed by atoms with Crippen molar-refractivity contribution in [2.75, 3.05) is 5.33 Å². The van der Waals surface area contributed by atoms with E-state index in [0.717, 1.165) is 11.2 Å². The fourth-order valence-electron chi connectivity index (χ4n) is 2.97. The summed E-state index contributed by atoms with van der Waals surface area (Å²) < 4.78 is 0. The van der Waals surface area contributed by atoms with Crippen LogP contribution in [-0.2, 0) is 6.42 Å². The zero-order valence-electron chi connectivity index (χ0n) is 11.4. The van der Waals surface area contributed by atoms with Gasteiger partial charge in [0, 0.05) is 5.33 Å². The van der Waals surface area contributed by atoms with Crippen LogP contribution in [-0.4, -0.2) is 5.33 Å². The van der Waals surface area contributed by atoms with Crippen molar-refractivity contribution in [3.63, 3.8) is 0 Å². The minimum Gasteiger partial charge on any atom is -0.0922 e. The van der Waals surface area contributed by atoms with Crippen molar-refractivity contribution >= 4 is 15.9 Å². The molecule has 0 aromatic heterocycles. The van der Waals surface area contributed by atoms with Crippen LogP contribution in [0.5, 0.6) is 0 Å². The summed E-state index contributed by atoms with van der Waals surface area (Å²) in [7, 11) is 0. The van der Waals surface area contributed by atoms with E-state index < -0.39 is 0 Å². The number of alkyl halides is 1. The first kappa shape index (κ1) is 13.1. The van der Waals surface area contributed by atoms with Gasteiger partial charge in [0.1, 0.15) is 0 Å². The Morgan fingerprint density at radius 1 is 1.18 bits per heavy atom. The molecular weight excluding hydrogens is 272 g/mol. The summed E-state index contributed by atoms with van der Waals surface area (Å²) in [6.45, 7) is 9.15. The summed E-state index contributed by atoms with van der Waals surface area (Å²) >= 11 is 3.73. The maximum absolute atomic E-state index is 3.73. The van der Waals surface area contributed by atoms with E-state index in [1.54, 1.807) is 5.56 Å². The Balaban J connectivity index is 2.28. The van der Waals surface area contributed by atoms with Crippen molar-refractivity contribution < 1.29 is 0 Å². The van der Waals surface area contributed by atoms with E-state index in [2.05, 4.69) is 55.8 Å². The molecule has 0 bridgehead atoms. The molecule has 1 atom stereocenters. The fraction of sp³-hybridized carbons (Fsp3) is 0.625. The van der Waals surface area contributed by atoms with Crippen LogP contribution in [0.2, 0.25) is 0 Å². The van der Waals surface area contributed by atoms with E-state index in [1.165, 1.54) is 36.0 Å². The number of halogens is 1. The predicted octanol–water partition coefficient (Wildman–Crippen LogP) is 4.97. The minimum atomic E-state index is 0.449. The molecule has 1 heteroatoms. The van der Waals surface area contributed by atoms with Crippen molar-refractivity contribution in [1.29, 1.82) is 0 Å². The molecule has 1 aliphatic rings. The maximum Gasteiger partial charge on any atom is 0.00911 e. The monoisotopic (exact) mass is 294 g/mol. The SMILES string of the molecule is Cc1cc(C)c(CC(C)(CBr)C2CC2)c(C)c1. The molecule has 1 aliphatic carbocycles. The van der Waals surface area contributed by atoms with Crippen molar-refractivity contribution in [2.24, 2.45) is 11.3 Å². The van der Waals surface area contributed by atoms with Crippen molar-refractivity contribution in [2.45, 2.75) is 47.0 Å². The highest BCUT2D eigenvalue weighted by molar-refractivity contribution is 9.09. The molecule has 1 aromatic carbocycles. The Morgan fingerprint density at radius 2 is 1.71 bits per heavy atom. The minimum absolute atomic E-state index is 0.449. The molecule has 0 N–H and O–H groups in total. The maximum atomic E-state index is 3.73. The molecule has 0 spiro atoms. The lowest BCUT2D eigenvalue weighted by molar-refractivity contribution is 0.317. The quantitative estimate of drug-likeness (QED) is 0.688. The lowest BCUT2D eigenvalue weighted by atomic mass is 9.78. The molecule has 2 rings (SSSR count). The van der Waals surface area contributed by atoms with Gasteiger partial charge in [-0.15, -0.1) is 0 Å². The van der Waals surface area contributed by atoms with Gasteiger partial charge in [0.2, 0.25) is 0 Å². The van der Waals surface area contributed by atoms with E-state index in [9.17, 15) is 0 Å². The number of benzene rings is 1. The van der Waals surface area contributed by atoms with E-state index >= 15 is 0 Å². The molecule has 1 fully saturated rings. The number of rotatable bonds is 4. The molecule has 17 heavy (non-hydrogen) atoms. The standard InChI is InChI=1S/C16H23Br/c1-11-7-12(2)15(13(3)8-11)9-16(4,10-17)14-5-6-14/h7-8,14H,5-6,9-10H2,1-4H3. The van der Waals surface area contributed by atoms with Crippen LogP contribution in [0.25, 0.3) is 0 Å². The average molecular weight is 295 g/mol. The zero-order chi connectivity index (χ0) is 12.6. The summed E-state index contributed by atoms with van der Waals surface area (Å²) in [6.07, 6.45) is 4.07. The zero-order valence-corrected chi connectivity index (χ0v) is 13.0.